The summed E-state index contributed by atoms with van der Waals surface area (Å²) < 4.78 is 0. The molecule has 5 nitrogen and oxygen atoms in total. The third-order valence-electron chi connectivity index (χ3n) is 3.23. The summed E-state index contributed by atoms with van der Waals surface area (Å²) in [6, 6.07) is 19.7. The molecule has 0 saturated carbocycles. The van der Waals surface area contributed by atoms with Crippen molar-refractivity contribution >= 4 is 23.3 Å². The Morgan fingerprint density at radius 2 is 1.09 bits per heavy atom. The Balaban J connectivity index is 1.90. The number of benzene rings is 2. The molecular weight excluding hydrogens is 286 g/mol. The van der Waals surface area contributed by atoms with E-state index in [9.17, 15) is 0 Å². The first-order valence-electron chi connectivity index (χ1n) is 7.61. The Morgan fingerprint density at radius 1 is 0.652 bits per heavy atom. The van der Waals surface area contributed by atoms with Crippen molar-refractivity contribution in [3.8, 4) is 0 Å². The molecule has 0 aliphatic heterocycles. The third-order valence-corrected chi connectivity index (χ3v) is 3.23. The van der Waals surface area contributed by atoms with Crippen molar-refractivity contribution in [1.82, 2.24) is 15.0 Å². The lowest BCUT2D eigenvalue weighted by Crippen LogP contribution is -2.08. The van der Waals surface area contributed by atoms with Gasteiger partial charge < -0.3 is 10.6 Å². The van der Waals surface area contributed by atoms with Crippen LogP contribution in [0.5, 0.6) is 0 Å². The molecule has 0 aliphatic carbocycles. The van der Waals surface area contributed by atoms with Crippen LogP contribution in [0, 0.1) is 0 Å². The highest BCUT2D eigenvalue weighted by molar-refractivity contribution is 5.57. The minimum Gasteiger partial charge on any atom is -0.324 e. The molecule has 0 fully saturated rings. The van der Waals surface area contributed by atoms with Gasteiger partial charge in [0, 0.05) is 17.3 Å². The number of para-hydroxylation sites is 2. The van der Waals surface area contributed by atoms with Gasteiger partial charge in [0.1, 0.15) is 5.82 Å². The quantitative estimate of drug-likeness (QED) is 0.727. The van der Waals surface area contributed by atoms with Gasteiger partial charge in [-0.05, 0) is 24.3 Å². The van der Waals surface area contributed by atoms with E-state index in [1.165, 1.54) is 0 Å². The van der Waals surface area contributed by atoms with Crippen LogP contribution < -0.4 is 10.6 Å². The van der Waals surface area contributed by atoms with Gasteiger partial charge in [0.15, 0.2) is 0 Å². The SMILES string of the molecule is CC(C)c1nc(Nc2ccccc2)nc(Nc2ccccc2)n1. The van der Waals surface area contributed by atoms with Crippen molar-refractivity contribution < 1.29 is 0 Å². The Morgan fingerprint density at radius 3 is 1.48 bits per heavy atom. The van der Waals surface area contributed by atoms with E-state index in [0.29, 0.717) is 11.9 Å². The Kier molecular flexibility index (Phi) is 4.47. The lowest BCUT2D eigenvalue weighted by molar-refractivity contribution is 0.766. The molecule has 0 radical (unpaired) electrons. The smallest absolute Gasteiger partial charge is 0.232 e. The maximum atomic E-state index is 4.50. The number of nitrogens with one attached hydrogen (secondary N) is 2. The number of rotatable bonds is 5. The Bertz CT molecular complexity index is 697. The highest BCUT2D eigenvalue weighted by Crippen LogP contribution is 2.19. The van der Waals surface area contributed by atoms with Gasteiger partial charge in [-0.25, -0.2) is 0 Å². The summed E-state index contributed by atoms with van der Waals surface area (Å²) in [5.74, 6) is 2.03. The van der Waals surface area contributed by atoms with Gasteiger partial charge in [-0.1, -0.05) is 50.2 Å². The van der Waals surface area contributed by atoms with E-state index in [0.717, 1.165) is 17.2 Å². The molecule has 116 valence electrons. The van der Waals surface area contributed by atoms with Crippen LogP contribution in [0.15, 0.2) is 60.7 Å². The number of nitrogens with zero attached hydrogens (tertiary/aromatic N) is 3. The average Bonchev–Trinajstić information content (AvgIpc) is 2.56. The number of anilines is 4. The van der Waals surface area contributed by atoms with Crippen molar-refractivity contribution in [2.24, 2.45) is 0 Å². The fraction of sp³-hybridized carbons (Fsp3) is 0.167. The topological polar surface area (TPSA) is 62.7 Å². The van der Waals surface area contributed by atoms with Crippen LogP contribution in [0.2, 0.25) is 0 Å². The first kappa shape index (κ1) is 15.0. The van der Waals surface area contributed by atoms with Crippen LogP contribution in [0.3, 0.4) is 0 Å². The van der Waals surface area contributed by atoms with E-state index in [1.807, 2.05) is 60.7 Å². The summed E-state index contributed by atoms with van der Waals surface area (Å²) in [6.07, 6.45) is 0. The minimum atomic E-state index is 0.214. The van der Waals surface area contributed by atoms with Crippen molar-refractivity contribution in [1.29, 1.82) is 0 Å². The molecule has 3 rings (SSSR count). The van der Waals surface area contributed by atoms with E-state index < -0.39 is 0 Å². The van der Waals surface area contributed by atoms with Crippen molar-refractivity contribution in [2.45, 2.75) is 19.8 Å². The molecule has 0 bridgehead atoms. The number of hydrogen-bond acceptors (Lipinski definition) is 5. The highest BCUT2D eigenvalue weighted by Gasteiger charge is 2.10. The molecule has 2 N–H and O–H groups in total. The maximum Gasteiger partial charge on any atom is 0.232 e. The van der Waals surface area contributed by atoms with Crippen LogP contribution in [-0.4, -0.2) is 15.0 Å². The van der Waals surface area contributed by atoms with Crippen LogP contribution in [-0.2, 0) is 0 Å². The predicted octanol–water partition coefficient (Wildman–Crippen LogP) is 4.48. The third kappa shape index (κ3) is 4.03. The van der Waals surface area contributed by atoms with Gasteiger partial charge in [-0.15, -0.1) is 0 Å². The van der Waals surface area contributed by atoms with Gasteiger partial charge in [-0.2, -0.15) is 15.0 Å². The lowest BCUT2D eigenvalue weighted by atomic mass is 10.2. The van der Waals surface area contributed by atoms with Crippen LogP contribution in [0.1, 0.15) is 25.6 Å². The number of aromatic nitrogens is 3. The largest absolute Gasteiger partial charge is 0.324 e. The summed E-state index contributed by atoms with van der Waals surface area (Å²) in [4.78, 5) is 13.5. The molecule has 0 unspecified atom stereocenters. The zero-order valence-corrected chi connectivity index (χ0v) is 13.2. The zero-order chi connectivity index (χ0) is 16.1. The minimum absolute atomic E-state index is 0.214. The average molecular weight is 305 g/mol. The van der Waals surface area contributed by atoms with Gasteiger partial charge in [0.2, 0.25) is 11.9 Å². The summed E-state index contributed by atoms with van der Waals surface area (Å²) >= 11 is 0. The van der Waals surface area contributed by atoms with Gasteiger partial charge in [0.25, 0.3) is 0 Å². The molecular formula is C18H19N5. The molecule has 0 saturated heterocycles. The monoisotopic (exact) mass is 305 g/mol. The molecule has 5 heteroatoms. The number of hydrogen-bond donors (Lipinski definition) is 2. The second-order valence-corrected chi connectivity index (χ2v) is 5.48. The second kappa shape index (κ2) is 6.87. The first-order valence-corrected chi connectivity index (χ1v) is 7.61. The Hall–Kier alpha value is -2.95. The molecule has 0 spiro atoms. The summed E-state index contributed by atoms with van der Waals surface area (Å²) in [6.45, 7) is 4.13. The van der Waals surface area contributed by atoms with Gasteiger partial charge >= 0.3 is 0 Å². The van der Waals surface area contributed by atoms with E-state index in [2.05, 4.69) is 39.4 Å². The second-order valence-electron chi connectivity index (χ2n) is 5.48. The van der Waals surface area contributed by atoms with Crippen molar-refractivity contribution in [2.75, 3.05) is 10.6 Å². The van der Waals surface area contributed by atoms with Crippen molar-refractivity contribution in [3.63, 3.8) is 0 Å². The fourth-order valence-corrected chi connectivity index (χ4v) is 2.06. The standard InChI is InChI=1S/C18H19N5/c1-13(2)16-21-17(19-14-9-5-3-6-10-14)23-18(22-16)20-15-11-7-4-8-12-15/h3-13H,1-2H3,(H2,19,20,21,22,23). The highest BCUT2D eigenvalue weighted by atomic mass is 15.2. The molecule has 2 aromatic carbocycles. The van der Waals surface area contributed by atoms with Crippen molar-refractivity contribution in [3.05, 3.63) is 66.5 Å². The van der Waals surface area contributed by atoms with E-state index in [1.54, 1.807) is 0 Å². The molecule has 0 aliphatic rings. The van der Waals surface area contributed by atoms with E-state index in [-0.39, 0.29) is 5.92 Å². The predicted molar refractivity (Wildman–Crippen MR) is 93.4 cm³/mol. The molecule has 23 heavy (non-hydrogen) atoms. The normalized spacial score (nSPS) is 10.6. The maximum absolute atomic E-state index is 4.50. The summed E-state index contributed by atoms with van der Waals surface area (Å²) in [5, 5.41) is 6.45. The summed E-state index contributed by atoms with van der Waals surface area (Å²) in [5.41, 5.74) is 1.89. The van der Waals surface area contributed by atoms with Crippen LogP contribution in [0.4, 0.5) is 23.3 Å². The Labute approximate surface area is 135 Å². The van der Waals surface area contributed by atoms with Gasteiger partial charge in [0.05, 0.1) is 0 Å². The molecule has 1 aromatic heterocycles. The van der Waals surface area contributed by atoms with Gasteiger partial charge in [-0.3, -0.25) is 0 Å². The van der Waals surface area contributed by atoms with E-state index in [4.69, 9.17) is 0 Å². The molecule has 1 heterocycles. The molecule has 0 amide bonds. The first-order chi connectivity index (χ1) is 11.2. The zero-order valence-electron chi connectivity index (χ0n) is 13.2. The lowest BCUT2D eigenvalue weighted by Gasteiger charge is -2.11. The molecule has 0 atom stereocenters. The summed E-state index contributed by atoms with van der Waals surface area (Å²) in [7, 11) is 0. The fourth-order valence-electron chi connectivity index (χ4n) is 2.06. The van der Waals surface area contributed by atoms with Crippen LogP contribution >= 0.6 is 0 Å². The molecule has 3 aromatic rings. The van der Waals surface area contributed by atoms with E-state index >= 15 is 0 Å². The van der Waals surface area contributed by atoms with Crippen LogP contribution in [0.25, 0.3) is 0 Å².